The Morgan fingerprint density at radius 3 is 2.68 bits per heavy atom. The van der Waals surface area contributed by atoms with Gasteiger partial charge in [-0.2, -0.15) is 0 Å². The van der Waals surface area contributed by atoms with Crippen molar-refractivity contribution in [3.8, 4) is 0 Å². The van der Waals surface area contributed by atoms with Gasteiger partial charge in [0.05, 0.1) is 12.8 Å². The maximum absolute atomic E-state index is 11.7. The SMILES string of the molecule is CC(Cc1ccco1)NCC(=O)Nc1ccccc1. The molecule has 4 nitrogen and oxygen atoms in total. The maximum atomic E-state index is 11.7. The topological polar surface area (TPSA) is 54.3 Å². The average molecular weight is 258 g/mol. The molecule has 0 saturated heterocycles. The molecule has 0 aliphatic rings. The first-order chi connectivity index (χ1) is 9.24. The number of hydrogen-bond donors (Lipinski definition) is 2. The Kier molecular flexibility index (Phi) is 4.75. The number of nitrogens with one attached hydrogen (secondary N) is 2. The minimum absolute atomic E-state index is 0.0440. The minimum Gasteiger partial charge on any atom is -0.469 e. The van der Waals surface area contributed by atoms with Crippen LogP contribution in [0.25, 0.3) is 0 Å². The van der Waals surface area contributed by atoms with E-state index in [9.17, 15) is 4.79 Å². The minimum atomic E-state index is -0.0440. The van der Waals surface area contributed by atoms with Gasteiger partial charge >= 0.3 is 0 Å². The lowest BCUT2D eigenvalue weighted by Gasteiger charge is -2.12. The van der Waals surface area contributed by atoms with Gasteiger partial charge in [-0.25, -0.2) is 0 Å². The molecule has 19 heavy (non-hydrogen) atoms. The van der Waals surface area contributed by atoms with Gasteiger partial charge in [0.25, 0.3) is 0 Å². The molecule has 2 rings (SSSR count). The lowest BCUT2D eigenvalue weighted by Crippen LogP contribution is -2.35. The fourth-order valence-electron chi connectivity index (χ4n) is 1.80. The molecule has 1 heterocycles. The Morgan fingerprint density at radius 1 is 1.21 bits per heavy atom. The Bertz CT molecular complexity index is 494. The molecule has 0 radical (unpaired) electrons. The summed E-state index contributed by atoms with van der Waals surface area (Å²) in [5.41, 5.74) is 0.813. The van der Waals surface area contributed by atoms with E-state index < -0.39 is 0 Å². The Morgan fingerprint density at radius 2 is 2.00 bits per heavy atom. The molecular weight excluding hydrogens is 240 g/mol. The average Bonchev–Trinajstić information content (AvgIpc) is 2.90. The standard InChI is InChI=1S/C15H18N2O2/c1-12(10-14-8-5-9-19-14)16-11-15(18)17-13-6-3-2-4-7-13/h2-9,12,16H,10-11H2,1H3,(H,17,18). The van der Waals surface area contributed by atoms with Crippen molar-refractivity contribution in [3.63, 3.8) is 0 Å². The smallest absolute Gasteiger partial charge is 0.238 e. The number of amides is 1. The lowest BCUT2D eigenvalue weighted by molar-refractivity contribution is -0.115. The van der Waals surface area contributed by atoms with Crippen molar-refractivity contribution >= 4 is 11.6 Å². The molecule has 1 amide bonds. The summed E-state index contributed by atoms with van der Waals surface area (Å²) in [6.07, 6.45) is 2.43. The van der Waals surface area contributed by atoms with Crippen molar-refractivity contribution < 1.29 is 9.21 Å². The van der Waals surface area contributed by atoms with Crippen LogP contribution in [-0.2, 0) is 11.2 Å². The normalized spacial score (nSPS) is 12.1. The van der Waals surface area contributed by atoms with Crippen molar-refractivity contribution in [1.82, 2.24) is 5.32 Å². The van der Waals surface area contributed by atoms with Gasteiger partial charge in [0.1, 0.15) is 5.76 Å². The molecule has 0 spiro atoms. The number of carbonyl (C=O) groups is 1. The van der Waals surface area contributed by atoms with Crippen LogP contribution in [0.1, 0.15) is 12.7 Å². The van der Waals surface area contributed by atoms with Crippen molar-refractivity contribution in [2.45, 2.75) is 19.4 Å². The van der Waals surface area contributed by atoms with E-state index in [2.05, 4.69) is 10.6 Å². The third kappa shape index (κ3) is 4.60. The highest BCUT2D eigenvalue weighted by Gasteiger charge is 2.08. The fraction of sp³-hybridized carbons (Fsp3) is 0.267. The molecule has 1 unspecified atom stereocenters. The summed E-state index contributed by atoms with van der Waals surface area (Å²) in [5.74, 6) is 0.876. The monoisotopic (exact) mass is 258 g/mol. The van der Waals surface area contributed by atoms with E-state index in [1.54, 1.807) is 6.26 Å². The number of para-hydroxylation sites is 1. The molecule has 0 saturated carbocycles. The first-order valence-corrected chi connectivity index (χ1v) is 6.34. The second-order valence-corrected chi connectivity index (χ2v) is 4.48. The molecule has 0 bridgehead atoms. The van der Waals surface area contributed by atoms with Gasteiger partial charge in [0.15, 0.2) is 0 Å². The predicted octanol–water partition coefficient (Wildman–Crippen LogP) is 2.44. The molecule has 2 aromatic rings. The molecule has 0 fully saturated rings. The highest BCUT2D eigenvalue weighted by molar-refractivity contribution is 5.92. The van der Waals surface area contributed by atoms with Crippen molar-refractivity contribution in [2.75, 3.05) is 11.9 Å². The van der Waals surface area contributed by atoms with E-state index in [1.165, 1.54) is 0 Å². The van der Waals surface area contributed by atoms with Gasteiger partial charge in [0.2, 0.25) is 5.91 Å². The summed E-state index contributed by atoms with van der Waals surface area (Å²) in [6.45, 7) is 2.31. The highest BCUT2D eigenvalue weighted by atomic mass is 16.3. The summed E-state index contributed by atoms with van der Waals surface area (Å²) in [7, 11) is 0. The van der Waals surface area contributed by atoms with E-state index in [-0.39, 0.29) is 18.5 Å². The Balaban J connectivity index is 1.71. The quantitative estimate of drug-likeness (QED) is 0.836. The number of carbonyl (C=O) groups excluding carboxylic acids is 1. The van der Waals surface area contributed by atoms with Gasteiger partial charge in [-0.3, -0.25) is 4.79 Å². The van der Waals surface area contributed by atoms with Crippen LogP contribution >= 0.6 is 0 Å². The Labute approximate surface area is 112 Å². The zero-order valence-electron chi connectivity index (χ0n) is 10.9. The second-order valence-electron chi connectivity index (χ2n) is 4.48. The van der Waals surface area contributed by atoms with Crippen LogP contribution in [0.3, 0.4) is 0 Å². The summed E-state index contributed by atoms with van der Waals surface area (Å²) < 4.78 is 5.27. The molecule has 1 aromatic heterocycles. The summed E-state index contributed by atoms with van der Waals surface area (Å²) in [4.78, 5) is 11.7. The van der Waals surface area contributed by atoms with E-state index in [1.807, 2.05) is 49.4 Å². The Hall–Kier alpha value is -2.07. The van der Waals surface area contributed by atoms with Crippen molar-refractivity contribution in [1.29, 1.82) is 0 Å². The van der Waals surface area contributed by atoms with Gasteiger partial charge < -0.3 is 15.1 Å². The number of anilines is 1. The zero-order valence-corrected chi connectivity index (χ0v) is 10.9. The number of benzene rings is 1. The molecule has 4 heteroatoms. The van der Waals surface area contributed by atoms with E-state index in [0.717, 1.165) is 17.9 Å². The van der Waals surface area contributed by atoms with E-state index >= 15 is 0 Å². The van der Waals surface area contributed by atoms with Gasteiger partial charge in [-0.1, -0.05) is 18.2 Å². The third-order valence-corrected chi connectivity index (χ3v) is 2.76. The van der Waals surface area contributed by atoms with Crippen LogP contribution < -0.4 is 10.6 Å². The van der Waals surface area contributed by atoms with Gasteiger partial charge in [-0.15, -0.1) is 0 Å². The molecule has 100 valence electrons. The van der Waals surface area contributed by atoms with Crippen LogP contribution in [0.2, 0.25) is 0 Å². The lowest BCUT2D eigenvalue weighted by atomic mass is 10.2. The molecule has 0 aliphatic heterocycles. The number of hydrogen-bond acceptors (Lipinski definition) is 3. The summed E-state index contributed by atoms with van der Waals surface area (Å²) in [5, 5.41) is 6.00. The number of rotatable bonds is 6. The van der Waals surface area contributed by atoms with E-state index in [0.29, 0.717) is 0 Å². The maximum Gasteiger partial charge on any atom is 0.238 e. The first kappa shape index (κ1) is 13.4. The predicted molar refractivity (Wildman–Crippen MR) is 74.9 cm³/mol. The van der Waals surface area contributed by atoms with Crippen LogP contribution in [-0.4, -0.2) is 18.5 Å². The van der Waals surface area contributed by atoms with Crippen LogP contribution in [0.4, 0.5) is 5.69 Å². The number of furan rings is 1. The van der Waals surface area contributed by atoms with Crippen LogP contribution in [0.5, 0.6) is 0 Å². The summed E-state index contributed by atoms with van der Waals surface area (Å²) in [6, 6.07) is 13.4. The van der Waals surface area contributed by atoms with E-state index in [4.69, 9.17) is 4.42 Å². The summed E-state index contributed by atoms with van der Waals surface area (Å²) >= 11 is 0. The largest absolute Gasteiger partial charge is 0.469 e. The molecule has 1 atom stereocenters. The zero-order chi connectivity index (χ0) is 13.5. The van der Waals surface area contributed by atoms with Crippen molar-refractivity contribution in [3.05, 3.63) is 54.5 Å². The highest BCUT2D eigenvalue weighted by Crippen LogP contribution is 2.05. The van der Waals surface area contributed by atoms with Gasteiger partial charge in [0, 0.05) is 18.2 Å². The van der Waals surface area contributed by atoms with Crippen LogP contribution in [0.15, 0.2) is 53.1 Å². The molecular formula is C15H18N2O2. The fourth-order valence-corrected chi connectivity index (χ4v) is 1.80. The van der Waals surface area contributed by atoms with Crippen LogP contribution in [0, 0.1) is 0 Å². The molecule has 0 aliphatic carbocycles. The third-order valence-electron chi connectivity index (χ3n) is 2.76. The van der Waals surface area contributed by atoms with Gasteiger partial charge in [-0.05, 0) is 31.2 Å². The second kappa shape index (κ2) is 6.75. The molecule has 2 N–H and O–H groups in total. The van der Waals surface area contributed by atoms with Crippen molar-refractivity contribution in [2.24, 2.45) is 0 Å². The first-order valence-electron chi connectivity index (χ1n) is 6.34. The molecule has 1 aromatic carbocycles.